The Balaban J connectivity index is 2.20. The number of hydrogen-bond donors (Lipinski definition) is 1. The highest BCUT2D eigenvalue weighted by molar-refractivity contribution is 7.18. The molecule has 0 atom stereocenters. The van der Waals surface area contributed by atoms with E-state index in [-0.39, 0.29) is 0 Å². The number of rotatable bonds is 3. The van der Waals surface area contributed by atoms with E-state index >= 15 is 0 Å². The predicted octanol–water partition coefficient (Wildman–Crippen LogP) is 4.27. The molecule has 1 aromatic carbocycles. The molecule has 0 radical (unpaired) electrons. The summed E-state index contributed by atoms with van der Waals surface area (Å²) in [6.45, 7) is 2.01. The largest absolute Gasteiger partial charge is 0.373 e. The zero-order chi connectivity index (χ0) is 14.8. The molecule has 0 aliphatic carbocycles. The molecule has 2 heterocycles. The zero-order valence-corrected chi connectivity index (χ0v) is 13.2. The fraction of sp³-hybridized carbons (Fsp3) is 0.133. The first kappa shape index (κ1) is 14.0. The standard InChI is InChI=1S/C15H13ClN4S/c1-9-12(10-6-4-3-5-7-10)19-14(20-13(9)17-2)15-18-8-11(16)21-15/h3-8H,1-2H3,(H,17,19,20). The van der Waals surface area contributed by atoms with Crippen LogP contribution in [0.25, 0.3) is 22.1 Å². The molecule has 6 heteroatoms. The second kappa shape index (κ2) is 5.79. The van der Waals surface area contributed by atoms with E-state index in [1.807, 2.05) is 44.3 Å². The van der Waals surface area contributed by atoms with Crippen molar-refractivity contribution in [2.75, 3.05) is 12.4 Å². The van der Waals surface area contributed by atoms with Crippen molar-refractivity contribution in [1.29, 1.82) is 0 Å². The zero-order valence-electron chi connectivity index (χ0n) is 11.6. The first-order valence-electron chi connectivity index (χ1n) is 6.42. The molecule has 0 aliphatic heterocycles. The lowest BCUT2D eigenvalue weighted by Gasteiger charge is -2.11. The lowest BCUT2D eigenvalue weighted by molar-refractivity contribution is 1.13. The van der Waals surface area contributed by atoms with Gasteiger partial charge in [0.1, 0.15) is 10.2 Å². The van der Waals surface area contributed by atoms with Gasteiger partial charge in [-0.15, -0.1) is 0 Å². The van der Waals surface area contributed by atoms with E-state index in [1.54, 1.807) is 6.20 Å². The Bertz CT molecular complexity index is 771. The first-order valence-corrected chi connectivity index (χ1v) is 7.62. The van der Waals surface area contributed by atoms with Crippen LogP contribution in [0.15, 0.2) is 36.5 Å². The highest BCUT2D eigenvalue weighted by atomic mass is 35.5. The highest BCUT2D eigenvalue weighted by Crippen LogP contribution is 2.31. The van der Waals surface area contributed by atoms with Crippen molar-refractivity contribution >= 4 is 28.8 Å². The van der Waals surface area contributed by atoms with Crippen molar-refractivity contribution in [3.63, 3.8) is 0 Å². The van der Waals surface area contributed by atoms with Crippen LogP contribution in [0, 0.1) is 6.92 Å². The van der Waals surface area contributed by atoms with Crippen LogP contribution in [0.5, 0.6) is 0 Å². The number of halogens is 1. The maximum absolute atomic E-state index is 5.96. The van der Waals surface area contributed by atoms with E-state index in [1.165, 1.54) is 11.3 Å². The number of thiazole rings is 1. The molecule has 0 aliphatic rings. The summed E-state index contributed by atoms with van der Waals surface area (Å²) in [4.78, 5) is 13.5. The number of aromatic nitrogens is 3. The van der Waals surface area contributed by atoms with Crippen LogP contribution in [0.1, 0.15) is 5.56 Å². The molecule has 0 bridgehead atoms. The third kappa shape index (κ3) is 2.75. The van der Waals surface area contributed by atoms with Crippen LogP contribution in [-0.4, -0.2) is 22.0 Å². The Hall–Kier alpha value is -1.98. The smallest absolute Gasteiger partial charge is 0.191 e. The third-order valence-corrected chi connectivity index (χ3v) is 4.21. The van der Waals surface area contributed by atoms with Gasteiger partial charge in [-0.25, -0.2) is 15.0 Å². The summed E-state index contributed by atoms with van der Waals surface area (Å²) >= 11 is 7.33. The van der Waals surface area contributed by atoms with E-state index in [2.05, 4.69) is 20.3 Å². The summed E-state index contributed by atoms with van der Waals surface area (Å²) in [6.07, 6.45) is 1.62. The van der Waals surface area contributed by atoms with Crippen molar-refractivity contribution in [3.05, 3.63) is 46.4 Å². The van der Waals surface area contributed by atoms with Crippen LogP contribution in [-0.2, 0) is 0 Å². The van der Waals surface area contributed by atoms with Crippen LogP contribution in [0.2, 0.25) is 4.34 Å². The second-order valence-corrected chi connectivity index (χ2v) is 6.12. The molecular formula is C15H13ClN4S. The normalized spacial score (nSPS) is 10.6. The fourth-order valence-electron chi connectivity index (χ4n) is 2.09. The summed E-state index contributed by atoms with van der Waals surface area (Å²) in [5.41, 5.74) is 2.96. The Morgan fingerprint density at radius 3 is 2.52 bits per heavy atom. The lowest BCUT2D eigenvalue weighted by atomic mass is 10.1. The van der Waals surface area contributed by atoms with Gasteiger partial charge in [0.05, 0.1) is 11.9 Å². The quantitative estimate of drug-likeness (QED) is 0.784. The van der Waals surface area contributed by atoms with E-state index in [9.17, 15) is 0 Å². The van der Waals surface area contributed by atoms with Gasteiger partial charge in [-0.3, -0.25) is 0 Å². The number of benzene rings is 1. The molecule has 0 saturated heterocycles. The molecule has 21 heavy (non-hydrogen) atoms. The molecule has 0 spiro atoms. The minimum atomic E-state index is 0.584. The Labute approximate surface area is 131 Å². The van der Waals surface area contributed by atoms with Crippen molar-refractivity contribution in [2.45, 2.75) is 6.92 Å². The van der Waals surface area contributed by atoms with Crippen LogP contribution in [0.3, 0.4) is 0 Å². The molecule has 3 rings (SSSR count). The molecule has 0 fully saturated rings. The van der Waals surface area contributed by atoms with Crippen LogP contribution >= 0.6 is 22.9 Å². The molecule has 106 valence electrons. The Morgan fingerprint density at radius 2 is 1.90 bits per heavy atom. The van der Waals surface area contributed by atoms with E-state index in [0.29, 0.717) is 15.2 Å². The summed E-state index contributed by atoms with van der Waals surface area (Å²) in [6, 6.07) is 10.0. The molecule has 4 nitrogen and oxygen atoms in total. The average Bonchev–Trinajstić information content (AvgIpc) is 2.95. The summed E-state index contributed by atoms with van der Waals surface area (Å²) in [5.74, 6) is 1.38. The minimum Gasteiger partial charge on any atom is -0.373 e. The van der Waals surface area contributed by atoms with Gasteiger partial charge in [-0.05, 0) is 6.92 Å². The summed E-state index contributed by atoms with van der Waals surface area (Å²) in [7, 11) is 1.85. The van der Waals surface area contributed by atoms with Crippen molar-refractivity contribution < 1.29 is 0 Å². The number of hydrogen-bond acceptors (Lipinski definition) is 5. The van der Waals surface area contributed by atoms with Crippen LogP contribution < -0.4 is 5.32 Å². The third-order valence-electron chi connectivity index (χ3n) is 3.10. The van der Waals surface area contributed by atoms with Gasteiger partial charge in [-0.2, -0.15) is 0 Å². The van der Waals surface area contributed by atoms with Gasteiger partial charge in [0.25, 0.3) is 0 Å². The molecule has 0 amide bonds. The van der Waals surface area contributed by atoms with Crippen molar-refractivity contribution in [3.8, 4) is 22.1 Å². The number of nitrogens with zero attached hydrogens (tertiary/aromatic N) is 3. The Morgan fingerprint density at radius 1 is 1.14 bits per heavy atom. The van der Waals surface area contributed by atoms with Crippen LogP contribution in [0.4, 0.5) is 5.82 Å². The molecule has 0 unspecified atom stereocenters. The SMILES string of the molecule is CNc1nc(-c2ncc(Cl)s2)nc(-c2ccccc2)c1C. The van der Waals surface area contributed by atoms with E-state index in [0.717, 1.165) is 22.6 Å². The highest BCUT2D eigenvalue weighted by Gasteiger charge is 2.15. The van der Waals surface area contributed by atoms with E-state index in [4.69, 9.17) is 11.6 Å². The van der Waals surface area contributed by atoms with Gasteiger partial charge in [0.15, 0.2) is 10.8 Å². The van der Waals surface area contributed by atoms with Crippen molar-refractivity contribution in [1.82, 2.24) is 15.0 Å². The fourth-order valence-corrected chi connectivity index (χ4v) is 2.94. The topological polar surface area (TPSA) is 50.7 Å². The monoisotopic (exact) mass is 316 g/mol. The number of anilines is 1. The number of nitrogens with one attached hydrogen (secondary N) is 1. The molecule has 1 N–H and O–H groups in total. The maximum Gasteiger partial charge on any atom is 0.191 e. The van der Waals surface area contributed by atoms with Gasteiger partial charge < -0.3 is 5.32 Å². The second-order valence-electron chi connectivity index (χ2n) is 4.45. The minimum absolute atomic E-state index is 0.584. The lowest BCUT2D eigenvalue weighted by Crippen LogP contribution is -2.02. The average molecular weight is 317 g/mol. The Kier molecular flexibility index (Phi) is 3.86. The molecule has 2 aromatic heterocycles. The van der Waals surface area contributed by atoms with Gasteiger partial charge in [-0.1, -0.05) is 53.3 Å². The molecule has 0 saturated carbocycles. The van der Waals surface area contributed by atoms with Gasteiger partial charge >= 0.3 is 0 Å². The van der Waals surface area contributed by atoms with Gasteiger partial charge in [0.2, 0.25) is 0 Å². The summed E-state index contributed by atoms with van der Waals surface area (Å²) in [5, 5.41) is 3.83. The van der Waals surface area contributed by atoms with Crippen molar-refractivity contribution in [2.24, 2.45) is 0 Å². The summed E-state index contributed by atoms with van der Waals surface area (Å²) < 4.78 is 0.626. The first-order chi connectivity index (χ1) is 10.2. The van der Waals surface area contributed by atoms with Gasteiger partial charge in [0, 0.05) is 18.2 Å². The molecule has 3 aromatic rings. The maximum atomic E-state index is 5.96. The van der Waals surface area contributed by atoms with E-state index < -0.39 is 0 Å². The predicted molar refractivity (Wildman–Crippen MR) is 87.9 cm³/mol. The molecular weight excluding hydrogens is 304 g/mol.